The molecular formula is C21H15N3. The monoisotopic (exact) mass is 309 g/mol. The van der Waals surface area contributed by atoms with E-state index in [4.69, 9.17) is 0 Å². The van der Waals surface area contributed by atoms with Gasteiger partial charge in [0.2, 0.25) is 0 Å². The molecule has 0 amide bonds. The van der Waals surface area contributed by atoms with Gasteiger partial charge in [0, 0.05) is 18.3 Å². The zero-order valence-electron chi connectivity index (χ0n) is 13.1. The van der Waals surface area contributed by atoms with Crippen molar-refractivity contribution in [2.75, 3.05) is 0 Å². The van der Waals surface area contributed by atoms with Crippen LogP contribution in [0.5, 0.6) is 0 Å². The van der Waals surface area contributed by atoms with Gasteiger partial charge >= 0.3 is 0 Å². The number of hydrogen-bond donors (Lipinski definition) is 0. The van der Waals surface area contributed by atoms with E-state index in [1.807, 2.05) is 42.6 Å². The summed E-state index contributed by atoms with van der Waals surface area (Å²) in [5, 5.41) is 11.7. The maximum atomic E-state index is 9.23. The van der Waals surface area contributed by atoms with Gasteiger partial charge in [0.1, 0.15) is 11.9 Å². The van der Waals surface area contributed by atoms with Crippen LogP contribution in [-0.2, 0) is 6.54 Å². The van der Waals surface area contributed by atoms with E-state index in [9.17, 15) is 5.26 Å². The molecule has 0 fully saturated rings. The van der Waals surface area contributed by atoms with Crippen molar-refractivity contribution in [1.29, 1.82) is 5.26 Å². The molecular weight excluding hydrogens is 294 g/mol. The Morgan fingerprint density at radius 3 is 2.46 bits per heavy atom. The first-order chi connectivity index (χ1) is 11.8. The van der Waals surface area contributed by atoms with E-state index in [-0.39, 0.29) is 0 Å². The highest BCUT2D eigenvalue weighted by Gasteiger charge is 2.11. The van der Waals surface area contributed by atoms with Crippen molar-refractivity contribution in [1.82, 2.24) is 9.55 Å². The largest absolute Gasteiger partial charge is 0.325 e. The second-order valence-electron chi connectivity index (χ2n) is 5.69. The number of fused-ring (bicyclic) bond motifs is 1. The third-order valence-electron chi connectivity index (χ3n) is 4.14. The van der Waals surface area contributed by atoms with Crippen molar-refractivity contribution < 1.29 is 0 Å². The van der Waals surface area contributed by atoms with Gasteiger partial charge in [-0.05, 0) is 16.3 Å². The van der Waals surface area contributed by atoms with Crippen molar-refractivity contribution in [2.24, 2.45) is 0 Å². The Labute approximate surface area is 140 Å². The van der Waals surface area contributed by atoms with Crippen LogP contribution in [0.4, 0.5) is 0 Å². The molecule has 0 aliphatic carbocycles. The van der Waals surface area contributed by atoms with Crippen LogP contribution < -0.4 is 0 Å². The maximum absolute atomic E-state index is 9.23. The lowest BCUT2D eigenvalue weighted by molar-refractivity contribution is 0.812. The van der Waals surface area contributed by atoms with Gasteiger partial charge in [-0.1, -0.05) is 72.8 Å². The fourth-order valence-corrected chi connectivity index (χ4v) is 3.02. The van der Waals surface area contributed by atoms with Gasteiger partial charge in [-0.15, -0.1) is 0 Å². The molecule has 1 heterocycles. The Kier molecular flexibility index (Phi) is 3.57. The van der Waals surface area contributed by atoms with Crippen molar-refractivity contribution >= 4 is 10.8 Å². The smallest absolute Gasteiger partial charge is 0.159 e. The molecule has 0 bridgehead atoms. The summed E-state index contributed by atoms with van der Waals surface area (Å²) in [6.45, 7) is 0.681. The van der Waals surface area contributed by atoms with E-state index in [2.05, 4.69) is 52.0 Å². The summed E-state index contributed by atoms with van der Waals surface area (Å²) in [5.74, 6) is 0.820. The highest BCUT2D eigenvalue weighted by atomic mass is 15.1. The van der Waals surface area contributed by atoms with Gasteiger partial charge in [0.05, 0.1) is 0 Å². The second kappa shape index (κ2) is 6.02. The van der Waals surface area contributed by atoms with E-state index in [1.54, 1.807) is 0 Å². The van der Waals surface area contributed by atoms with Crippen LogP contribution in [-0.4, -0.2) is 9.55 Å². The molecule has 4 aromatic rings. The Bertz CT molecular complexity index is 1030. The molecule has 0 atom stereocenters. The number of aromatic nitrogens is 2. The Morgan fingerprint density at radius 2 is 1.62 bits per heavy atom. The SMILES string of the molecule is N#Cc1cn(Cc2cccc3ccccc23)c(-c2ccccc2)n1. The zero-order valence-corrected chi connectivity index (χ0v) is 13.1. The number of nitriles is 1. The van der Waals surface area contributed by atoms with Gasteiger partial charge in [-0.25, -0.2) is 4.98 Å². The maximum Gasteiger partial charge on any atom is 0.159 e. The Morgan fingerprint density at radius 1 is 0.875 bits per heavy atom. The number of imidazole rings is 1. The summed E-state index contributed by atoms with van der Waals surface area (Å²) in [6.07, 6.45) is 1.82. The predicted molar refractivity (Wildman–Crippen MR) is 95.4 cm³/mol. The number of nitrogens with zero attached hydrogens (tertiary/aromatic N) is 3. The molecule has 0 saturated heterocycles. The van der Waals surface area contributed by atoms with E-state index in [0.29, 0.717) is 12.2 Å². The van der Waals surface area contributed by atoms with Crippen LogP contribution in [0.1, 0.15) is 11.3 Å². The average Bonchev–Trinajstić information content (AvgIpc) is 3.06. The molecule has 24 heavy (non-hydrogen) atoms. The molecule has 1 aromatic heterocycles. The Hall–Kier alpha value is -3.38. The number of rotatable bonds is 3. The molecule has 3 nitrogen and oxygen atoms in total. The molecule has 114 valence electrons. The van der Waals surface area contributed by atoms with Crippen LogP contribution in [0.25, 0.3) is 22.2 Å². The fourth-order valence-electron chi connectivity index (χ4n) is 3.02. The molecule has 0 unspecified atom stereocenters. The second-order valence-corrected chi connectivity index (χ2v) is 5.69. The molecule has 0 aliphatic heterocycles. The fraction of sp³-hybridized carbons (Fsp3) is 0.0476. The molecule has 0 saturated carbocycles. The lowest BCUT2D eigenvalue weighted by Gasteiger charge is -2.10. The van der Waals surface area contributed by atoms with Crippen LogP contribution in [0, 0.1) is 11.3 Å². The third-order valence-corrected chi connectivity index (χ3v) is 4.14. The number of benzene rings is 3. The minimum atomic E-state index is 0.439. The van der Waals surface area contributed by atoms with Gasteiger partial charge < -0.3 is 4.57 Å². The zero-order chi connectivity index (χ0) is 16.4. The number of hydrogen-bond acceptors (Lipinski definition) is 2. The summed E-state index contributed by atoms with van der Waals surface area (Å²) in [4.78, 5) is 4.48. The molecule has 0 spiro atoms. The van der Waals surface area contributed by atoms with E-state index in [0.717, 1.165) is 11.4 Å². The first kappa shape index (κ1) is 14.2. The predicted octanol–water partition coefficient (Wildman–Crippen LogP) is 4.62. The first-order valence-corrected chi connectivity index (χ1v) is 7.84. The van der Waals surface area contributed by atoms with Crippen LogP contribution >= 0.6 is 0 Å². The first-order valence-electron chi connectivity index (χ1n) is 7.84. The molecule has 0 N–H and O–H groups in total. The molecule has 0 radical (unpaired) electrons. The average molecular weight is 309 g/mol. The molecule has 3 aromatic carbocycles. The standard InChI is InChI=1S/C21H15N3/c22-13-19-15-24(21(23-19)17-8-2-1-3-9-17)14-18-11-6-10-16-7-4-5-12-20(16)18/h1-12,15H,14H2. The van der Waals surface area contributed by atoms with Gasteiger partial charge in [-0.2, -0.15) is 5.26 Å². The topological polar surface area (TPSA) is 41.6 Å². The van der Waals surface area contributed by atoms with E-state index in [1.165, 1.54) is 16.3 Å². The summed E-state index contributed by atoms with van der Waals surface area (Å²) >= 11 is 0. The highest BCUT2D eigenvalue weighted by molar-refractivity contribution is 5.85. The summed E-state index contributed by atoms with van der Waals surface area (Å²) in [5.41, 5.74) is 2.67. The van der Waals surface area contributed by atoms with Crippen molar-refractivity contribution in [3.05, 3.63) is 90.3 Å². The lowest BCUT2D eigenvalue weighted by Crippen LogP contribution is -2.01. The van der Waals surface area contributed by atoms with E-state index >= 15 is 0 Å². The van der Waals surface area contributed by atoms with Gasteiger partial charge in [-0.3, -0.25) is 0 Å². The summed E-state index contributed by atoms with van der Waals surface area (Å²) in [6, 6.07) is 26.8. The minimum absolute atomic E-state index is 0.439. The van der Waals surface area contributed by atoms with Gasteiger partial charge in [0.25, 0.3) is 0 Å². The quantitative estimate of drug-likeness (QED) is 0.554. The highest BCUT2D eigenvalue weighted by Crippen LogP contribution is 2.23. The van der Waals surface area contributed by atoms with Gasteiger partial charge in [0.15, 0.2) is 5.69 Å². The molecule has 0 aliphatic rings. The molecule has 3 heteroatoms. The third kappa shape index (κ3) is 2.55. The Balaban J connectivity index is 1.82. The van der Waals surface area contributed by atoms with Crippen LogP contribution in [0.3, 0.4) is 0 Å². The van der Waals surface area contributed by atoms with E-state index < -0.39 is 0 Å². The van der Waals surface area contributed by atoms with Crippen molar-refractivity contribution in [3.8, 4) is 17.5 Å². The van der Waals surface area contributed by atoms with Crippen LogP contribution in [0.15, 0.2) is 79.0 Å². The molecule has 4 rings (SSSR count). The lowest BCUT2D eigenvalue weighted by atomic mass is 10.0. The normalized spacial score (nSPS) is 10.6. The van der Waals surface area contributed by atoms with Crippen LogP contribution in [0.2, 0.25) is 0 Å². The summed E-state index contributed by atoms with van der Waals surface area (Å²) < 4.78 is 2.05. The summed E-state index contributed by atoms with van der Waals surface area (Å²) in [7, 11) is 0. The van der Waals surface area contributed by atoms with Crippen molar-refractivity contribution in [3.63, 3.8) is 0 Å². The minimum Gasteiger partial charge on any atom is -0.325 e. The van der Waals surface area contributed by atoms with Crippen molar-refractivity contribution in [2.45, 2.75) is 6.54 Å².